The van der Waals surface area contributed by atoms with Gasteiger partial charge in [-0.3, -0.25) is 9.59 Å². The van der Waals surface area contributed by atoms with Crippen LogP contribution in [-0.4, -0.2) is 24.1 Å². The fourth-order valence-corrected chi connectivity index (χ4v) is 3.27. The third-order valence-electron chi connectivity index (χ3n) is 3.39. The third-order valence-corrected chi connectivity index (χ3v) is 4.43. The summed E-state index contributed by atoms with van der Waals surface area (Å²) in [6.45, 7) is -0.0484. The number of thioether (sulfide) groups is 1. The highest BCUT2D eigenvalue weighted by molar-refractivity contribution is 8.00. The van der Waals surface area contributed by atoms with E-state index in [1.165, 1.54) is 16.7 Å². The van der Waals surface area contributed by atoms with Gasteiger partial charge in [-0.25, -0.2) is 0 Å². The van der Waals surface area contributed by atoms with Crippen LogP contribution in [0.25, 0.3) is 0 Å². The molecule has 1 aliphatic heterocycles. The zero-order valence-corrected chi connectivity index (χ0v) is 13.0. The summed E-state index contributed by atoms with van der Waals surface area (Å²) >= 11 is 1.48. The highest BCUT2D eigenvalue weighted by atomic mass is 32.2. The highest BCUT2D eigenvalue weighted by Gasteiger charge is 2.26. The average molecular weight is 323 g/mol. The lowest BCUT2D eigenvalue weighted by Gasteiger charge is -2.28. The second-order valence-electron chi connectivity index (χ2n) is 4.98. The van der Waals surface area contributed by atoms with Gasteiger partial charge >= 0.3 is 0 Å². The van der Waals surface area contributed by atoms with Crippen LogP contribution in [0.1, 0.15) is 5.56 Å². The van der Waals surface area contributed by atoms with Crippen LogP contribution in [0, 0.1) is 11.3 Å². The van der Waals surface area contributed by atoms with Crippen molar-refractivity contribution in [2.75, 3.05) is 22.5 Å². The Kier molecular flexibility index (Phi) is 4.31. The van der Waals surface area contributed by atoms with E-state index in [0.29, 0.717) is 17.0 Å². The summed E-state index contributed by atoms with van der Waals surface area (Å²) in [6.07, 6.45) is 0. The number of carbonyl (C=O) groups is 2. The molecular weight excluding hydrogens is 310 g/mol. The first-order valence-electron chi connectivity index (χ1n) is 6.99. The maximum Gasteiger partial charge on any atom is 0.244 e. The van der Waals surface area contributed by atoms with Gasteiger partial charge in [0.25, 0.3) is 0 Å². The van der Waals surface area contributed by atoms with Crippen LogP contribution in [0.2, 0.25) is 0 Å². The van der Waals surface area contributed by atoms with Crippen molar-refractivity contribution in [3.8, 4) is 6.07 Å². The molecule has 0 saturated heterocycles. The van der Waals surface area contributed by atoms with Gasteiger partial charge in [0.05, 0.1) is 23.1 Å². The smallest absolute Gasteiger partial charge is 0.244 e. The molecule has 0 fully saturated rings. The second-order valence-corrected chi connectivity index (χ2v) is 5.99. The number of nitrogens with one attached hydrogen (secondary N) is 1. The highest BCUT2D eigenvalue weighted by Crippen LogP contribution is 2.34. The molecular formula is C17H13N3O2S. The molecule has 2 amide bonds. The molecule has 1 aliphatic rings. The lowest BCUT2D eigenvalue weighted by Crippen LogP contribution is -2.41. The quantitative estimate of drug-likeness (QED) is 0.942. The molecule has 114 valence electrons. The van der Waals surface area contributed by atoms with Crippen molar-refractivity contribution in [2.24, 2.45) is 0 Å². The first-order valence-corrected chi connectivity index (χ1v) is 7.98. The molecule has 5 nitrogen and oxygen atoms in total. The number of rotatable bonds is 3. The summed E-state index contributed by atoms with van der Waals surface area (Å²) < 4.78 is 0. The van der Waals surface area contributed by atoms with E-state index < -0.39 is 0 Å². The number of carbonyl (C=O) groups excluding carboxylic acids is 2. The summed E-state index contributed by atoms with van der Waals surface area (Å²) in [7, 11) is 0. The summed E-state index contributed by atoms with van der Waals surface area (Å²) in [5, 5.41) is 11.6. The minimum atomic E-state index is -0.296. The van der Waals surface area contributed by atoms with Gasteiger partial charge in [-0.2, -0.15) is 5.26 Å². The van der Waals surface area contributed by atoms with Crippen LogP contribution in [-0.2, 0) is 9.59 Å². The molecule has 3 rings (SSSR count). The predicted octanol–water partition coefficient (Wildman–Crippen LogP) is 2.64. The molecule has 1 heterocycles. The topological polar surface area (TPSA) is 73.2 Å². The molecule has 0 radical (unpaired) electrons. The summed E-state index contributed by atoms with van der Waals surface area (Å²) in [5.74, 6) is -0.0569. The first-order chi connectivity index (χ1) is 11.2. The van der Waals surface area contributed by atoms with Crippen LogP contribution in [0.3, 0.4) is 0 Å². The van der Waals surface area contributed by atoms with Crippen LogP contribution in [0.5, 0.6) is 0 Å². The van der Waals surface area contributed by atoms with E-state index in [1.54, 1.807) is 24.3 Å². The molecule has 0 spiro atoms. The fraction of sp³-hybridized carbons (Fsp3) is 0.118. The number of nitriles is 1. The van der Waals surface area contributed by atoms with Crippen molar-refractivity contribution >= 4 is 35.0 Å². The molecule has 1 N–H and O–H groups in total. The average Bonchev–Trinajstić information content (AvgIpc) is 2.57. The Labute approximate surface area is 137 Å². The fourth-order valence-electron chi connectivity index (χ4n) is 2.34. The van der Waals surface area contributed by atoms with Crippen molar-refractivity contribution in [1.82, 2.24) is 0 Å². The molecule has 0 bridgehead atoms. The van der Waals surface area contributed by atoms with Gasteiger partial charge in [0.1, 0.15) is 6.54 Å². The Morgan fingerprint density at radius 2 is 2.09 bits per heavy atom. The molecule has 23 heavy (non-hydrogen) atoms. The van der Waals surface area contributed by atoms with E-state index in [0.717, 1.165) is 10.6 Å². The van der Waals surface area contributed by atoms with Crippen LogP contribution >= 0.6 is 11.8 Å². The SMILES string of the molecule is N#Cc1cccc(NC(=O)CN2C(=O)CSc3ccccc32)c1. The Bertz CT molecular complexity index is 813. The number of fused-ring (bicyclic) bond motifs is 1. The monoisotopic (exact) mass is 323 g/mol. The normalized spacial score (nSPS) is 13.2. The molecule has 0 aliphatic carbocycles. The van der Waals surface area contributed by atoms with Crippen molar-refractivity contribution in [1.29, 1.82) is 5.26 Å². The van der Waals surface area contributed by atoms with Crippen molar-refractivity contribution in [3.05, 3.63) is 54.1 Å². The number of para-hydroxylation sites is 1. The molecule has 0 aromatic heterocycles. The number of amides is 2. The molecule has 0 atom stereocenters. The molecule has 2 aromatic carbocycles. The van der Waals surface area contributed by atoms with E-state index in [9.17, 15) is 9.59 Å². The van der Waals surface area contributed by atoms with Crippen molar-refractivity contribution < 1.29 is 9.59 Å². The summed E-state index contributed by atoms with van der Waals surface area (Å²) in [5.41, 5.74) is 1.77. The molecule has 0 unspecified atom stereocenters. The summed E-state index contributed by atoms with van der Waals surface area (Å²) in [6, 6.07) is 16.2. The number of anilines is 2. The van der Waals surface area contributed by atoms with E-state index in [4.69, 9.17) is 5.26 Å². The number of hydrogen-bond donors (Lipinski definition) is 1. The second kappa shape index (κ2) is 6.55. The van der Waals surface area contributed by atoms with Crippen molar-refractivity contribution in [3.63, 3.8) is 0 Å². The standard InChI is InChI=1S/C17H13N3O2S/c18-9-12-4-3-5-13(8-12)19-16(21)10-20-14-6-1-2-7-15(14)23-11-17(20)22/h1-8H,10-11H2,(H,19,21). The van der Waals surface area contributed by atoms with Crippen LogP contribution in [0.4, 0.5) is 11.4 Å². The van der Waals surface area contributed by atoms with Gasteiger partial charge in [-0.1, -0.05) is 18.2 Å². The Morgan fingerprint density at radius 1 is 1.26 bits per heavy atom. The first kappa shape index (κ1) is 15.1. The molecule has 0 saturated carbocycles. The van der Waals surface area contributed by atoms with Gasteiger partial charge in [0.2, 0.25) is 11.8 Å². The Balaban J connectivity index is 1.75. The van der Waals surface area contributed by atoms with Gasteiger partial charge < -0.3 is 10.2 Å². The third kappa shape index (κ3) is 3.35. The lowest BCUT2D eigenvalue weighted by atomic mass is 10.2. The lowest BCUT2D eigenvalue weighted by molar-refractivity contribution is -0.120. The van der Waals surface area contributed by atoms with E-state index in [1.807, 2.05) is 30.3 Å². The minimum absolute atomic E-state index is 0.0484. The van der Waals surface area contributed by atoms with E-state index in [-0.39, 0.29) is 18.4 Å². The molecule has 6 heteroatoms. The van der Waals surface area contributed by atoms with Gasteiger partial charge in [-0.05, 0) is 30.3 Å². The van der Waals surface area contributed by atoms with E-state index in [2.05, 4.69) is 5.32 Å². The number of nitrogens with zero attached hydrogens (tertiary/aromatic N) is 2. The van der Waals surface area contributed by atoms with Crippen molar-refractivity contribution in [2.45, 2.75) is 4.90 Å². The van der Waals surface area contributed by atoms with Gasteiger partial charge in [0, 0.05) is 10.6 Å². The zero-order valence-electron chi connectivity index (χ0n) is 12.2. The van der Waals surface area contributed by atoms with E-state index >= 15 is 0 Å². The number of hydrogen-bond acceptors (Lipinski definition) is 4. The van der Waals surface area contributed by atoms with Crippen LogP contribution in [0.15, 0.2) is 53.4 Å². The molecule has 2 aromatic rings. The zero-order chi connectivity index (χ0) is 16.2. The Morgan fingerprint density at radius 3 is 2.91 bits per heavy atom. The minimum Gasteiger partial charge on any atom is -0.324 e. The maximum absolute atomic E-state index is 12.2. The summed E-state index contributed by atoms with van der Waals surface area (Å²) in [4.78, 5) is 26.9. The van der Waals surface area contributed by atoms with Gasteiger partial charge in [0.15, 0.2) is 0 Å². The van der Waals surface area contributed by atoms with Gasteiger partial charge in [-0.15, -0.1) is 11.8 Å². The Hall–Kier alpha value is -2.78. The largest absolute Gasteiger partial charge is 0.324 e. The maximum atomic E-state index is 12.2. The van der Waals surface area contributed by atoms with Crippen LogP contribution < -0.4 is 10.2 Å². The predicted molar refractivity (Wildman–Crippen MR) is 89.3 cm³/mol. The number of benzene rings is 2.